The number of carbonyl (C=O) groups is 3. The molecule has 1 amide bonds. The van der Waals surface area contributed by atoms with Gasteiger partial charge in [-0.05, 0) is 42.0 Å². The van der Waals surface area contributed by atoms with Crippen LogP contribution >= 0.6 is 0 Å². The number of amidine groups is 1. The fourth-order valence-corrected chi connectivity index (χ4v) is 3.20. The Balaban J connectivity index is 0.000000479. The van der Waals surface area contributed by atoms with E-state index in [1.54, 1.807) is 6.07 Å². The van der Waals surface area contributed by atoms with E-state index in [0.717, 1.165) is 29.5 Å². The van der Waals surface area contributed by atoms with Gasteiger partial charge >= 0.3 is 18.1 Å². The van der Waals surface area contributed by atoms with E-state index in [4.69, 9.17) is 26.2 Å². The van der Waals surface area contributed by atoms with Crippen LogP contribution in [0.1, 0.15) is 32.6 Å². The highest BCUT2D eigenvalue weighted by Crippen LogP contribution is 2.21. The first kappa shape index (κ1) is 25.4. The lowest BCUT2D eigenvalue weighted by Gasteiger charge is -2.27. The van der Waals surface area contributed by atoms with Crippen molar-refractivity contribution in [2.75, 3.05) is 13.1 Å². The quantitative estimate of drug-likeness (QED) is 0.381. The average Bonchev–Trinajstić information content (AvgIpc) is 2.74. The van der Waals surface area contributed by atoms with Crippen LogP contribution in [0.25, 0.3) is 0 Å². The number of fused-ring (bicyclic) bond motifs is 1. The molecule has 0 fully saturated rings. The molecule has 0 aromatic heterocycles. The molecule has 0 saturated heterocycles. The van der Waals surface area contributed by atoms with Crippen molar-refractivity contribution >= 4 is 23.7 Å². The van der Waals surface area contributed by atoms with E-state index in [0.29, 0.717) is 24.1 Å². The predicted octanol–water partition coefficient (Wildman–Crippen LogP) is 2.47. The van der Waals surface area contributed by atoms with Crippen LogP contribution in [-0.4, -0.2) is 58.1 Å². The second-order valence-corrected chi connectivity index (χ2v) is 7.28. The van der Waals surface area contributed by atoms with Crippen molar-refractivity contribution in [2.24, 2.45) is 5.73 Å². The molecule has 0 saturated carbocycles. The number of carboxylic acids is 2. The SMILES string of the molecule is N=C(N)c1ccc(CCc2ccc3c(c2)CCN(CC(=O)O)C3=O)cc1.O=C(O)C(F)(F)F. The van der Waals surface area contributed by atoms with Crippen molar-refractivity contribution in [3.05, 3.63) is 70.3 Å². The van der Waals surface area contributed by atoms with Crippen LogP contribution < -0.4 is 5.73 Å². The van der Waals surface area contributed by atoms with Gasteiger partial charge in [0, 0.05) is 17.7 Å². The summed E-state index contributed by atoms with van der Waals surface area (Å²) in [4.78, 5) is 33.5. The number of aryl methyl sites for hydroxylation is 2. The molecule has 33 heavy (non-hydrogen) atoms. The molecule has 1 heterocycles. The zero-order valence-electron chi connectivity index (χ0n) is 17.4. The predicted molar refractivity (Wildman–Crippen MR) is 112 cm³/mol. The summed E-state index contributed by atoms with van der Waals surface area (Å²) in [7, 11) is 0. The smallest absolute Gasteiger partial charge is 0.480 e. The van der Waals surface area contributed by atoms with Gasteiger partial charge in [0.2, 0.25) is 0 Å². The Hall–Kier alpha value is -3.89. The van der Waals surface area contributed by atoms with Gasteiger partial charge in [-0.25, -0.2) is 4.79 Å². The molecule has 0 aliphatic carbocycles. The Morgan fingerprint density at radius 3 is 2.09 bits per heavy atom. The van der Waals surface area contributed by atoms with E-state index in [2.05, 4.69) is 6.07 Å². The Kier molecular flexibility index (Phi) is 8.16. The van der Waals surface area contributed by atoms with E-state index in [1.807, 2.05) is 30.3 Å². The Morgan fingerprint density at radius 2 is 1.58 bits per heavy atom. The number of hydrogen-bond donors (Lipinski definition) is 4. The summed E-state index contributed by atoms with van der Waals surface area (Å²) in [6.45, 7) is 0.185. The van der Waals surface area contributed by atoms with Gasteiger partial charge in [-0.1, -0.05) is 36.4 Å². The molecule has 1 aliphatic heterocycles. The molecule has 0 bridgehead atoms. The number of halogens is 3. The van der Waals surface area contributed by atoms with Gasteiger partial charge < -0.3 is 20.8 Å². The number of hydrogen-bond acceptors (Lipinski definition) is 4. The monoisotopic (exact) mass is 465 g/mol. The number of carboxylic acid groups (broad SMARTS) is 2. The number of nitrogens with one attached hydrogen (secondary N) is 1. The van der Waals surface area contributed by atoms with E-state index < -0.39 is 18.1 Å². The van der Waals surface area contributed by atoms with Crippen molar-refractivity contribution < 1.29 is 37.8 Å². The van der Waals surface area contributed by atoms with E-state index in [9.17, 15) is 22.8 Å². The van der Waals surface area contributed by atoms with Crippen molar-refractivity contribution in [3.63, 3.8) is 0 Å². The fraction of sp³-hybridized carbons (Fsp3) is 0.273. The molecular formula is C22H22F3N3O5. The van der Waals surface area contributed by atoms with Gasteiger partial charge in [-0.3, -0.25) is 15.0 Å². The molecule has 5 N–H and O–H groups in total. The third kappa shape index (κ3) is 7.34. The minimum Gasteiger partial charge on any atom is -0.480 e. The van der Waals surface area contributed by atoms with Gasteiger partial charge in [0.05, 0.1) is 0 Å². The lowest BCUT2D eigenvalue weighted by atomic mass is 9.94. The molecule has 176 valence electrons. The van der Waals surface area contributed by atoms with Crippen molar-refractivity contribution in [1.82, 2.24) is 4.90 Å². The molecule has 11 heteroatoms. The third-order valence-electron chi connectivity index (χ3n) is 4.87. The number of aliphatic carboxylic acids is 2. The second-order valence-electron chi connectivity index (χ2n) is 7.28. The number of nitrogens with two attached hydrogens (primary N) is 1. The maximum absolute atomic E-state index is 12.4. The first-order chi connectivity index (χ1) is 15.4. The summed E-state index contributed by atoms with van der Waals surface area (Å²) < 4.78 is 31.7. The summed E-state index contributed by atoms with van der Waals surface area (Å²) in [6, 6.07) is 13.4. The highest BCUT2D eigenvalue weighted by Gasteiger charge is 2.38. The number of carbonyl (C=O) groups excluding carboxylic acids is 1. The standard InChI is InChI=1S/C20H21N3O3.C2HF3O2/c21-19(22)15-6-3-13(4-7-15)1-2-14-5-8-17-16(11-14)9-10-23(20(17)26)12-18(24)25;3-2(4,5)1(6)7/h3-8,11H,1-2,9-10,12H2,(H3,21,22)(H,24,25);(H,6,7). The Labute approximate surface area is 186 Å². The first-order valence-corrected chi connectivity index (χ1v) is 9.74. The minimum atomic E-state index is -5.08. The topological polar surface area (TPSA) is 145 Å². The summed E-state index contributed by atoms with van der Waals surface area (Å²) in [6.07, 6.45) is -2.70. The van der Waals surface area contributed by atoms with Crippen molar-refractivity contribution in [2.45, 2.75) is 25.4 Å². The maximum Gasteiger partial charge on any atom is 0.490 e. The maximum atomic E-state index is 12.4. The Morgan fingerprint density at radius 1 is 1.03 bits per heavy atom. The van der Waals surface area contributed by atoms with Gasteiger partial charge in [0.15, 0.2) is 0 Å². The summed E-state index contributed by atoms with van der Waals surface area (Å²) in [5, 5.41) is 23.4. The lowest BCUT2D eigenvalue weighted by molar-refractivity contribution is -0.192. The van der Waals surface area contributed by atoms with Crippen LogP contribution in [0, 0.1) is 5.41 Å². The largest absolute Gasteiger partial charge is 0.490 e. The molecule has 8 nitrogen and oxygen atoms in total. The highest BCUT2D eigenvalue weighted by atomic mass is 19.4. The Bertz CT molecular complexity index is 1050. The van der Waals surface area contributed by atoms with Crippen molar-refractivity contribution in [1.29, 1.82) is 5.41 Å². The van der Waals surface area contributed by atoms with E-state index in [1.165, 1.54) is 4.90 Å². The fourth-order valence-electron chi connectivity index (χ4n) is 3.20. The zero-order valence-corrected chi connectivity index (χ0v) is 17.4. The number of alkyl halides is 3. The van der Waals surface area contributed by atoms with E-state index in [-0.39, 0.29) is 18.3 Å². The molecule has 1 aliphatic rings. The van der Waals surface area contributed by atoms with Crippen LogP contribution in [0.15, 0.2) is 42.5 Å². The molecular weight excluding hydrogens is 443 g/mol. The average molecular weight is 465 g/mol. The van der Waals surface area contributed by atoms with Crippen LogP contribution in [0.4, 0.5) is 13.2 Å². The normalized spacial score (nSPS) is 12.9. The number of nitrogen functional groups attached to an aromatic ring is 1. The van der Waals surface area contributed by atoms with Gasteiger partial charge in [0.25, 0.3) is 5.91 Å². The van der Waals surface area contributed by atoms with Crippen LogP contribution in [0.3, 0.4) is 0 Å². The van der Waals surface area contributed by atoms with Crippen LogP contribution in [-0.2, 0) is 28.9 Å². The highest BCUT2D eigenvalue weighted by molar-refractivity contribution is 5.98. The summed E-state index contributed by atoms with van der Waals surface area (Å²) >= 11 is 0. The lowest BCUT2D eigenvalue weighted by Crippen LogP contribution is -2.40. The second kappa shape index (κ2) is 10.6. The number of amides is 1. The number of benzene rings is 2. The van der Waals surface area contributed by atoms with Crippen LogP contribution in [0.5, 0.6) is 0 Å². The molecule has 2 aromatic rings. The van der Waals surface area contributed by atoms with Crippen molar-refractivity contribution in [3.8, 4) is 0 Å². The van der Waals surface area contributed by atoms with Crippen LogP contribution in [0.2, 0.25) is 0 Å². The van der Waals surface area contributed by atoms with Gasteiger partial charge in [0.1, 0.15) is 12.4 Å². The number of nitrogens with zero attached hydrogens (tertiary/aromatic N) is 1. The van der Waals surface area contributed by atoms with Gasteiger partial charge in [-0.2, -0.15) is 13.2 Å². The first-order valence-electron chi connectivity index (χ1n) is 9.74. The minimum absolute atomic E-state index is 0.0628. The van der Waals surface area contributed by atoms with E-state index >= 15 is 0 Å². The molecule has 2 aromatic carbocycles. The molecule has 0 radical (unpaired) electrons. The third-order valence-corrected chi connectivity index (χ3v) is 4.87. The molecule has 0 spiro atoms. The summed E-state index contributed by atoms with van der Waals surface area (Å²) in [5.74, 6) is -3.89. The molecule has 3 rings (SSSR count). The summed E-state index contributed by atoms with van der Waals surface area (Å²) in [5.41, 5.74) is 10.1. The molecule has 0 atom stereocenters. The number of rotatable bonds is 6. The molecule has 0 unspecified atom stereocenters. The van der Waals surface area contributed by atoms with Gasteiger partial charge in [-0.15, -0.1) is 0 Å². The zero-order chi connectivity index (χ0) is 24.8.